The summed E-state index contributed by atoms with van der Waals surface area (Å²) in [6, 6.07) is 14.3. The first-order valence-electron chi connectivity index (χ1n) is 45.5. The minimum atomic E-state index is -0.327. The standard InChI is InChI=1S/C23H36O2.C21H30O2.C21H28O2.C21H30O2.C19H28O2.3CH4/c1-5-6-7-8-9-10-17-14-20(24)22-18-13-16(2)11-12-19(18)23(3,4)25-21(22)15-17;2*1-5-6-7-8-15-12-18(22)20-16-11-14(2)9-10-17(16)21(3,4)23-19(20)13-15;1-5-6-7-8-16-12-19(22)21(20(23)13-16)18-11-15(4)9-10-17(18)14(2)3;1-5-6-13-10-16(20)18-14-9-12(2)7-8-15(14)19(3,4)21-17(18)11-13;;;/h13-15,18-19,21-22,24H,5-12H2,1-4H3;11-13,16-17,22H,5-10H2,1-4H3;9-13,19-20,22H,5-8H2,1-4H3;11-13,17-18,22-23H,2,5-10H2,1,3-4H3;9-11,14-15,17-18,20H,5-8H2,1-4H3;3*1H4. The second kappa shape index (κ2) is 43.4. The first-order chi connectivity index (χ1) is 54.6. The number of ether oxygens (including phenoxy) is 4. The van der Waals surface area contributed by atoms with Crippen LogP contribution in [0.1, 0.15) is 371 Å². The van der Waals surface area contributed by atoms with Crippen LogP contribution in [0.5, 0.6) is 23.0 Å². The molecule has 14 rings (SSSR count). The van der Waals surface area contributed by atoms with E-state index in [-0.39, 0.29) is 110 Å². The summed E-state index contributed by atoms with van der Waals surface area (Å²) in [5, 5.41) is 63.9. The highest BCUT2D eigenvalue weighted by atomic mass is 16.5. The number of fused-ring (bicyclic) bond motifs is 12. The Labute approximate surface area is 718 Å². The fraction of sp³-hybridized carbons (Fsp3) is 0.630. The highest BCUT2D eigenvalue weighted by Crippen LogP contribution is 2.57. The van der Waals surface area contributed by atoms with Crippen LogP contribution in [0.15, 0.2) is 172 Å². The summed E-state index contributed by atoms with van der Waals surface area (Å²) in [6.45, 7) is 45.6. The van der Waals surface area contributed by atoms with Crippen molar-refractivity contribution in [1.82, 2.24) is 0 Å². The van der Waals surface area contributed by atoms with E-state index >= 15 is 0 Å². The van der Waals surface area contributed by atoms with E-state index in [1.54, 1.807) is 0 Å². The van der Waals surface area contributed by atoms with Gasteiger partial charge in [0, 0.05) is 28.9 Å². The van der Waals surface area contributed by atoms with Gasteiger partial charge in [0.25, 0.3) is 0 Å². The summed E-state index contributed by atoms with van der Waals surface area (Å²) in [4.78, 5) is 0. The Morgan fingerprint density at radius 2 is 0.831 bits per heavy atom. The molecule has 4 heterocycles. The second-order valence-electron chi connectivity index (χ2n) is 38.8. The highest BCUT2D eigenvalue weighted by molar-refractivity contribution is 5.55. The summed E-state index contributed by atoms with van der Waals surface area (Å²) < 4.78 is 25.7. The fourth-order valence-electron chi connectivity index (χ4n) is 21.4. The zero-order chi connectivity index (χ0) is 83.4. The lowest BCUT2D eigenvalue weighted by atomic mass is 9.63. The molecule has 0 bridgehead atoms. The summed E-state index contributed by atoms with van der Waals surface area (Å²) in [7, 11) is 0. The molecule has 10 heteroatoms. The molecule has 14 unspecified atom stereocenters. The normalized spacial score (nSPS) is 27.8. The molecule has 0 amide bonds. The molecule has 3 aromatic rings. The first kappa shape index (κ1) is 98.4. The Bertz CT molecular complexity index is 4140. The van der Waals surface area contributed by atoms with E-state index in [1.807, 2.05) is 43.4 Å². The van der Waals surface area contributed by atoms with Crippen LogP contribution in [-0.4, -0.2) is 65.8 Å². The zero-order valence-electron chi connectivity index (χ0n) is 74.7. The van der Waals surface area contributed by atoms with Crippen molar-refractivity contribution in [3.8, 4) is 23.0 Å². The highest BCUT2D eigenvalue weighted by Gasteiger charge is 2.54. The summed E-state index contributed by atoms with van der Waals surface area (Å²) in [5.41, 5.74) is 17.3. The summed E-state index contributed by atoms with van der Waals surface area (Å²) in [5.74, 6) is 6.28. The quantitative estimate of drug-likeness (QED) is 0.0423. The van der Waals surface area contributed by atoms with Gasteiger partial charge >= 0.3 is 0 Å². The molecular formula is C108H164O10. The van der Waals surface area contributed by atoms with Gasteiger partial charge in [-0.2, -0.15) is 0 Å². The van der Waals surface area contributed by atoms with Gasteiger partial charge < -0.3 is 49.6 Å². The molecular weight excluding hydrogens is 1460 g/mol. The van der Waals surface area contributed by atoms with Crippen LogP contribution < -0.4 is 4.74 Å². The molecule has 2 saturated heterocycles. The molecule has 656 valence electrons. The zero-order valence-corrected chi connectivity index (χ0v) is 74.7. The van der Waals surface area contributed by atoms with Gasteiger partial charge in [0.15, 0.2) is 0 Å². The Morgan fingerprint density at radius 3 is 1.33 bits per heavy atom. The number of phenolic OH excluding ortho intramolecular Hbond substituents is 3. The SMILES string of the molecule is C.C.C.C=C(C)C1CCC(C)=CC1c1c(O)cc(CCCCC)cc1O.CCCC1=CC2OC(C)(C)C3CCC(C)=CC3C2C(O)=C1.CCCCCC1=CC2OC(C)(C)c3ccc(C)cc3C2C(O)=C1.CCCCCCCC1=CC2OC(C)(C)C3CCC(C)=CC3C2C(O)=C1.CCCCCc1cc(O)c2c(c1)OC(C)(C)C1CCC(C)=CC21. The van der Waals surface area contributed by atoms with E-state index in [1.165, 1.54) is 158 Å². The van der Waals surface area contributed by atoms with Gasteiger partial charge in [-0.3, -0.25) is 0 Å². The molecule has 0 radical (unpaired) electrons. The number of allylic oxidation sites excluding steroid dienone is 15. The van der Waals surface area contributed by atoms with Crippen molar-refractivity contribution in [3.05, 3.63) is 211 Å². The smallest absolute Gasteiger partial charge is 0.127 e. The molecule has 6 N–H and O–H groups in total. The fourth-order valence-corrected chi connectivity index (χ4v) is 21.4. The third-order valence-corrected chi connectivity index (χ3v) is 27.6. The first-order valence-corrected chi connectivity index (χ1v) is 45.5. The van der Waals surface area contributed by atoms with Gasteiger partial charge in [0.1, 0.15) is 34.4 Å². The van der Waals surface area contributed by atoms with Gasteiger partial charge in [0.05, 0.1) is 64.4 Å². The topological polar surface area (TPSA) is 158 Å². The van der Waals surface area contributed by atoms with Crippen LogP contribution in [0.25, 0.3) is 0 Å². The Kier molecular flexibility index (Phi) is 36.2. The van der Waals surface area contributed by atoms with Crippen LogP contribution in [0.3, 0.4) is 0 Å². The van der Waals surface area contributed by atoms with E-state index < -0.39 is 0 Å². The number of phenols is 3. The molecule has 0 saturated carbocycles. The van der Waals surface area contributed by atoms with Crippen LogP contribution in [0, 0.1) is 54.3 Å². The Hall–Kier alpha value is -6.72. The van der Waals surface area contributed by atoms with E-state index in [2.05, 4.69) is 198 Å². The number of aliphatic hydroxyl groups excluding tert-OH is 3. The Morgan fingerprint density at radius 1 is 0.415 bits per heavy atom. The number of benzene rings is 3. The minimum Gasteiger partial charge on any atom is -0.512 e. The molecule has 3 aromatic carbocycles. The second-order valence-corrected chi connectivity index (χ2v) is 38.8. The van der Waals surface area contributed by atoms with E-state index in [4.69, 9.17) is 18.9 Å². The van der Waals surface area contributed by atoms with Gasteiger partial charge in [0.2, 0.25) is 0 Å². The third kappa shape index (κ3) is 24.0. The van der Waals surface area contributed by atoms with Crippen molar-refractivity contribution in [2.24, 2.45) is 47.3 Å². The number of rotatable bonds is 22. The van der Waals surface area contributed by atoms with Gasteiger partial charge in [-0.05, 0) is 317 Å². The average Bonchev–Trinajstić information content (AvgIpc) is 0.758. The molecule has 0 aromatic heterocycles. The van der Waals surface area contributed by atoms with Crippen LogP contribution >= 0.6 is 0 Å². The maximum Gasteiger partial charge on any atom is 0.127 e. The largest absolute Gasteiger partial charge is 0.512 e. The van der Waals surface area contributed by atoms with Crippen molar-refractivity contribution < 1.29 is 49.6 Å². The minimum absolute atomic E-state index is 0. The maximum atomic E-state index is 10.8. The monoisotopic (exact) mass is 1620 g/mol. The Balaban J connectivity index is 0.000000202. The predicted octanol–water partition coefficient (Wildman–Crippen LogP) is 30.6. The molecule has 2 fully saturated rings. The predicted molar refractivity (Wildman–Crippen MR) is 498 cm³/mol. The molecule has 4 aliphatic heterocycles. The number of aryl methyl sites for hydroxylation is 3. The molecule has 0 spiro atoms. The summed E-state index contributed by atoms with van der Waals surface area (Å²) in [6.07, 6.45) is 54.3. The van der Waals surface area contributed by atoms with Gasteiger partial charge in [-0.15, -0.1) is 0 Å². The molecule has 7 aliphatic carbocycles. The molecule has 14 atom stereocenters. The lowest BCUT2D eigenvalue weighted by Crippen LogP contribution is -2.54. The van der Waals surface area contributed by atoms with Crippen molar-refractivity contribution in [1.29, 1.82) is 0 Å². The van der Waals surface area contributed by atoms with Crippen LogP contribution in [0.4, 0.5) is 0 Å². The van der Waals surface area contributed by atoms with E-state index in [0.717, 1.165) is 106 Å². The average molecular weight is 1620 g/mol. The molecule has 11 aliphatic rings. The van der Waals surface area contributed by atoms with Crippen molar-refractivity contribution in [2.75, 3.05) is 0 Å². The molecule has 10 nitrogen and oxygen atoms in total. The van der Waals surface area contributed by atoms with Crippen LogP contribution in [-0.2, 0) is 32.7 Å². The van der Waals surface area contributed by atoms with Crippen molar-refractivity contribution in [2.45, 2.75) is 392 Å². The van der Waals surface area contributed by atoms with Crippen molar-refractivity contribution >= 4 is 0 Å². The van der Waals surface area contributed by atoms with Crippen LogP contribution in [0.2, 0.25) is 0 Å². The number of hydrogen-bond acceptors (Lipinski definition) is 10. The van der Waals surface area contributed by atoms with Gasteiger partial charge in [-0.25, -0.2) is 0 Å². The number of aliphatic hydroxyl groups is 3. The lowest BCUT2D eigenvalue weighted by Gasteiger charge is -2.52. The summed E-state index contributed by atoms with van der Waals surface area (Å²) >= 11 is 0. The number of unbranched alkanes of at least 4 members (excludes halogenated alkanes) is 10. The number of aromatic hydroxyl groups is 3. The molecule has 118 heavy (non-hydrogen) atoms. The van der Waals surface area contributed by atoms with Crippen molar-refractivity contribution in [3.63, 3.8) is 0 Å². The van der Waals surface area contributed by atoms with E-state index in [9.17, 15) is 30.6 Å². The maximum absolute atomic E-state index is 10.8. The lowest BCUT2D eigenvalue weighted by molar-refractivity contribution is -0.171. The number of hydrogen-bond donors (Lipinski definition) is 6. The van der Waals surface area contributed by atoms with Gasteiger partial charge in [-0.1, -0.05) is 228 Å². The third-order valence-electron chi connectivity index (χ3n) is 27.6. The van der Waals surface area contributed by atoms with E-state index in [0.29, 0.717) is 58.2 Å².